The third-order valence-corrected chi connectivity index (χ3v) is 5.72. The molecule has 2 unspecified atom stereocenters. The van der Waals surface area contributed by atoms with Gasteiger partial charge in [0.15, 0.2) is 0 Å². The Balaban J connectivity index is 1.44. The third-order valence-electron chi connectivity index (χ3n) is 5.47. The highest BCUT2D eigenvalue weighted by molar-refractivity contribution is 6.30. The number of likely N-dealkylation sites (tertiary alicyclic amines) is 1. The molecule has 2 aliphatic heterocycles. The molecule has 0 bridgehead atoms. The van der Waals surface area contributed by atoms with Crippen molar-refractivity contribution in [2.24, 2.45) is 5.92 Å². The second-order valence-electron chi connectivity index (χ2n) is 7.27. The molecule has 2 saturated heterocycles. The SMILES string of the molecule is O=C(c1cccc(OCc2ccc(Cl)cc2)c1)N1CCCC2COCCC21. The fourth-order valence-electron chi connectivity index (χ4n) is 4.05. The Labute approximate surface area is 165 Å². The molecule has 0 N–H and O–H groups in total. The summed E-state index contributed by atoms with van der Waals surface area (Å²) < 4.78 is 11.5. The normalized spacial score (nSPS) is 22.2. The van der Waals surface area contributed by atoms with Crippen LogP contribution in [-0.2, 0) is 11.3 Å². The van der Waals surface area contributed by atoms with Gasteiger partial charge < -0.3 is 14.4 Å². The molecule has 0 aliphatic carbocycles. The number of nitrogens with zero attached hydrogens (tertiary/aromatic N) is 1. The molecule has 0 radical (unpaired) electrons. The number of rotatable bonds is 4. The van der Waals surface area contributed by atoms with Gasteiger partial charge in [0.2, 0.25) is 0 Å². The average molecular weight is 386 g/mol. The molecule has 4 nitrogen and oxygen atoms in total. The van der Waals surface area contributed by atoms with E-state index in [2.05, 4.69) is 4.90 Å². The Bertz CT molecular complexity index is 790. The molecule has 2 aliphatic rings. The van der Waals surface area contributed by atoms with Gasteiger partial charge in [-0.15, -0.1) is 0 Å². The zero-order valence-electron chi connectivity index (χ0n) is 15.3. The molecule has 27 heavy (non-hydrogen) atoms. The molecule has 0 saturated carbocycles. The molecule has 142 valence electrons. The quantitative estimate of drug-likeness (QED) is 0.774. The Morgan fingerprint density at radius 2 is 2.04 bits per heavy atom. The highest BCUT2D eigenvalue weighted by Gasteiger charge is 2.36. The van der Waals surface area contributed by atoms with E-state index in [0.717, 1.165) is 44.6 Å². The van der Waals surface area contributed by atoms with Crippen molar-refractivity contribution in [2.45, 2.75) is 31.9 Å². The molecule has 2 aromatic carbocycles. The summed E-state index contributed by atoms with van der Waals surface area (Å²) in [5.74, 6) is 1.28. The van der Waals surface area contributed by atoms with E-state index >= 15 is 0 Å². The molecule has 2 aromatic rings. The van der Waals surface area contributed by atoms with Gasteiger partial charge in [0.1, 0.15) is 12.4 Å². The Hall–Kier alpha value is -2.04. The van der Waals surface area contributed by atoms with E-state index in [4.69, 9.17) is 21.1 Å². The number of carbonyl (C=O) groups excluding carboxylic acids is 1. The highest BCUT2D eigenvalue weighted by Crippen LogP contribution is 2.31. The average Bonchev–Trinajstić information content (AvgIpc) is 2.72. The molecule has 4 rings (SSSR count). The van der Waals surface area contributed by atoms with E-state index in [1.54, 1.807) is 0 Å². The monoisotopic (exact) mass is 385 g/mol. The fourth-order valence-corrected chi connectivity index (χ4v) is 4.17. The first-order chi connectivity index (χ1) is 13.2. The van der Waals surface area contributed by atoms with Gasteiger partial charge >= 0.3 is 0 Å². The molecular weight excluding hydrogens is 362 g/mol. The number of amides is 1. The molecule has 5 heteroatoms. The van der Waals surface area contributed by atoms with Crippen LogP contribution in [0.1, 0.15) is 35.2 Å². The largest absolute Gasteiger partial charge is 0.489 e. The van der Waals surface area contributed by atoms with Crippen LogP contribution in [0.3, 0.4) is 0 Å². The molecular formula is C22H24ClNO3. The number of carbonyl (C=O) groups is 1. The van der Waals surface area contributed by atoms with Crippen LogP contribution in [0.25, 0.3) is 0 Å². The first-order valence-electron chi connectivity index (χ1n) is 9.57. The van der Waals surface area contributed by atoms with Gasteiger partial charge in [0.05, 0.1) is 6.61 Å². The van der Waals surface area contributed by atoms with Gasteiger partial charge in [0.25, 0.3) is 5.91 Å². The molecule has 2 fully saturated rings. The number of piperidine rings is 1. The van der Waals surface area contributed by atoms with E-state index in [1.807, 2.05) is 48.5 Å². The van der Waals surface area contributed by atoms with Crippen molar-refractivity contribution in [2.75, 3.05) is 19.8 Å². The van der Waals surface area contributed by atoms with Crippen molar-refractivity contribution in [1.29, 1.82) is 0 Å². The summed E-state index contributed by atoms with van der Waals surface area (Å²) in [6, 6.07) is 15.4. The lowest BCUT2D eigenvalue weighted by Crippen LogP contribution is -2.52. The summed E-state index contributed by atoms with van der Waals surface area (Å²) in [4.78, 5) is 15.2. The predicted molar refractivity (Wildman–Crippen MR) is 105 cm³/mol. The van der Waals surface area contributed by atoms with E-state index < -0.39 is 0 Å². The maximum absolute atomic E-state index is 13.1. The van der Waals surface area contributed by atoms with Crippen molar-refractivity contribution in [3.63, 3.8) is 0 Å². The van der Waals surface area contributed by atoms with Crippen LogP contribution in [-0.4, -0.2) is 36.6 Å². The van der Waals surface area contributed by atoms with Crippen molar-refractivity contribution >= 4 is 17.5 Å². The lowest BCUT2D eigenvalue weighted by atomic mass is 9.86. The van der Waals surface area contributed by atoms with E-state index in [9.17, 15) is 4.79 Å². The number of ether oxygens (including phenoxy) is 2. The number of halogens is 1. The zero-order valence-corrected chi connectivity index (χ0v) is 16.0. The van der Waals surface area contributed by atoms with E-state index in [1.165, 1.54) is 0 Å². The first kappa shape index (κ1) is 18.3. The smallest absolute Gasteiger partial charge is 0.254 e. The zero-order chi connectivity index (χ0) is 18.6. The van der Waals surface area contributed by atoms with Gasteiger partial charge in [-0.25, -0.2) is 0 Å². The van der Waals surface area contributed by atoms with Crippen LogP contribution >= 0.6 is 11.6 Å². The van der Waals surface area contributed by atoms with Gasteiger partial charge in [-0.1, -0.05) is 29.8 Å². The van der Waals surface area contributed by atoms with Crippen molar-refractivity contribution in [3.05, 3.63) is 64.7 Å². The standard InChI is InChI=1S/C22H24ClNO3/c23-19-8-6-16(7-9-19)14-27-20-5-1-3-17(13-20)22(25)24-11-2-4-18-15-26-12-10-21(18)24/h1,3,5-9,13,18,21H,2,4,10-12,14-15H2. The highest BCUT2D eigenvalue weighted by atomic mass is 35.5. The van der Waals surface area contributed by atoms with Crippen molar-refractivity contribution in [3.8, 4) is 5.75 Å². The van der Waals surface area contributed by atoms with Gasteiger partial charge in [0, 0.05) is 35.7 Å². The Morgan fingerprint density at radius 3 is 2.89 bits per heavy atom. The fraction of sp³-hybridized carbons (Fsp3) is 0.409. The van der Waals surface area contributed by atoms with Crippen molar-refractivity contribution < 1.29 is 14.3 Å². The van der Waals surface area contributed by atoms with E-state index in [-0.39, 0.29) is 5.91 Å². The number of hydrogen-bond acceptors (Lipinski definition) is 3. The summed E-state index contributed by atoms with van der Waals surface area (Å²) in [5, 5.41) is 0.708. The van der Waals surface area contributed by atoms with Crippen LogP contribution in [0.5, 0.6) is 5.75 Å². The van der Waals surface area contributed by atoms with Crippen molar-refractivity contribution in [1.82, 2.24) is 4.90 Å². The number of benzene rings is 2. The molecule has 2 heterocycles. The molecule has 1 amide bonds. The second-order valence-corrected chi connectivity index (χ2v) is 7.71. The molecule has 0 spiro atoms. The number of fused-ring (bicyclic) bond motifs is 1. The Morgan fingerprint density at radius 1 is 1.19 bits per heavy atom. The lowest BCUT2D eigenvalue weighted by molar-refractivity contribution is -0.0271. The third kappa shape index (κ3) is 4.28. The van der Waals surface area contributed by atoms with Gasteiger partial charge in [-0.3, -0.25) is 4.79 Å². The maximum atomic E-state index is 13.1. The van der Waals surface area contributed by atoms with Crippen LogP contribution in [0.15, 0.2) is 48.5 Å². The molecule has 2 atom stereocenters. The summed E-state index contributed by atoms with van der Waals surface area (Å²) in [5.41, 5.74) is 1.73. The van der Waals surface area contributed by atoms with Gasteiger partial charge in [-0.2, -0.15) is 0 Å². The predicted octanol–water partition coefficient (Wildman–Crippen LogP) is 4.56. The number of hydrogen-bond donors (Lipinski definition) is 0. The Kier molecular flexibility index (Phi) is 5.65. The topological polar surface area (TPSA) is 38.8 Å². The van der Waals surface area contributed by atoms with Crippen LogP contribution in [0.2, 0.25) is 5.02 Å². The van der Waals surface area contributed by atoms with Crippen LogP contribution in [0.4, 0.5) is 0 Å². The summed E-state index contributed by atoms with van der Waals surface area (Å²) >= 11 is 5.92. The minimum absolute atomic E-state index is 0.101. The van der Waals surface area contributed by atoms with Crippen LogP contribution in [0, 0.1) is 5.92 Å². The van der Waals surface area contributed by atoms with E-state index in [0.29, 0.717) is 34.9 Å². The maximum Gasteiger partial charge on any atom is 0.254 e. The lowest BCUT2D eigenvalue weighted by Gasteiger charge is -2.43. The minimum Gasteiger partial charge on any atom is -0.489 e. The van der Waals surface area contributed by atoms with Crippen LogP contribution < -0.4 is 4.74 Å². The summed E-state index contributed by atoms with van der Waals surface area (Å²) in [7, 11) is 0. The summed E-state index contributed by atoms with van der Waals surface area (Å²) in [6.45, 7) is 2.80. The van der Waals surface area contributed by atoms with Gasteiger partial charge in [-0.05, 0) is 55.2 Å². The summed E-state index contributed by atoms with van der Waals surface area (Å²) in [6.07, 6.45) is 3.13. The second kappa shape index (κ2) is 8.32. The first-order valence-corrected chi connectivity index (χ1v) is 9.94. The minimum atomic E-state index is 0.101. The molecule has 0 aromatic heterocycles.